The van der Waals surface area contributed by atoms with Crippen LogP contribution in [0.4, 0.5) is 5.00 Å². The van der Waals surface area contributed by atoms with Crippen LogP contribution in [-0.2, 0) is 9.59 Å². The van der Waals surface area contributed by atoms with Crippen molar-refractivity contribution in [2.75, 3.05) is 31.9 Å². The standard InChI is InChI=1S/C25H30N4O3S/c26-22-21(18-4-1-2-5-19(18)33-22)23(31)27-12-8-16(9-13-27)28-11-3-10-25(15-28)14-20(30)29(24(25)32)17-6-7-17/h1-2,4-5,16-17H,3,6-15,26H2. The number of amides is 3. The number of hydrogen-bond acceptors (Lipinski definition) is 6. The van der Waals surface area contributed by atoms with Crippen molar-refractivity contribution in [2.24, 2.45) is 5.41 Å². The average molecular weight is 467 g/mol. The molecule has 7 nitrogen and oxygen atoms in total. The van der Waals surface area contributed by atoms with Crippen molar-refractivity contribution in [1.29, 1.82) is 0 Å². The minimum Gasteiger partial charge on any atom is -0.390 e. The summed E-state index contributed by atoms with van der Waals surface area (Å²) in [5.41, 5.74) is 6.35. The van der Waals surface area contributed by atoms with Gasteiger partial charge in [-0.25, -0.2) is 0 Å². The van der Waals surface area contributed by atoms with Crippen LogP contribution in [0, 0.1) is 5.41 Å². The van der Waals surface area contributed by atoms with Gasteiger partial charge < -0.3 is 10.6 Å². The van der Waals surface area contributed by atoms with Crippen LogP contribution in [0.3, 0.4) is 0 Å². The summed E-state index contributed by atoms with van der Waals surface area (Å²) in [7, 11) is 0. The largest absolute Gasteiger partial charge is 0.390 e. The van der Waals surface area contributed by atoms with Gasteiger partial charge in [-0.05, 0) is 51.1 Å². The molecule has 1 atom stereocenters. The van der Waals surface area contributed by atoms with E-state index in [1.807, 2.05) is 29.2 Å². The van der Waals surface area contributed by atoms with Gasteiger partial charge in [-0.2, -0.15) is 0 Å². The number of hydrogen-bond donors (Lipinski definition) is 1. The Kier molecular flexibility index (Phi) is 4.99. The highest BCUT2D eigenvalue weighted by atomic mass is 32.1. The zero-order chi connectivity index (χ0) is 22.7. The first-order chi connectivity index (χ1) is 16.0. The third-order valence-corrected chi connectivity index (χ3v) is 9.05. The Morgan fingerprint density at radius 2 is 1.79 bits per heavy atom. The number of carbonyl (C=O) groups is 3. The van der Waals surface area contributed by atoms with Crippen LogP contribution in [0.25, 0.3) is 10.1 Å². The van der Waals surface area contributed by atoms with Crippen LogP contribution in [0.5, 0.6) is 0 Å². The summed E-state index contributed by atoms with van der Waals surface area (Å²) in [5, 5.41) is 1.53. The summed E-state index contributed by atoms with van der Waals surface area (Å²) in [4.78, 5) is 45.1. The molecule has 3 amide bonds. The van der Waals surface area contributed by atoms with Gasteiger partial charge in [-0.15, -0.1) is 11.3 Å². The van der Waals surface area contributed by atoms with E-state index in [-0.39, 0.29) is 23.8 Å². The van der Waals surface area contributed by atoms with E-state index in [0.29, 0.717) is 42.7 Å². The van der Waals surface area contributed by atoms with E-state index >= 15 is 0 Å². The number of nitrogen functional groups attached to an aromatic ring is 1. The molecule has 1 aromatic heterocycles. The second kappa shape index (κ2) is 7.81. The smallest absolute Gasteiger partial charge is 0.257 e. The van der Waals surface area contributed by atoms with Crippen molar-refractivity contribution >= 4 is 44.1 Å². The molecule has 2 N–H and O–H groups in total. The zero-order valence-electron chi connectivity index (χ0n) is 18.8. The third kappa shape index (κ3) is 3.46. The van der Waals surface area contributed by atoms with Gasteiger partial charge in [0, 0.05) is 48.2 Å². The quantitative estimate of drug-likeness (QED) is 0.703. The van der Waals surface area contributed by atoms with Crippen molar-refractivity contribution < 1.29 is 14.4 Å². The number of benzene rings is 1. The summed E-state index contributed by atoms with van der Waals surface area (Å²) < 4.78 is 1.04. The molecule has 0 radical (unpaired) electrons. The lowest BCUT2D eigenvalue weighted by molar-refractivity contribution is -0.143. The lowest BCUT2D eigenvalue weighted by Gasteiger charge is -2.45. The molecule has 1 aromatic carbocycles. The van der Waals surface area contributed by atoms with Crippen molar-refractivity contribution in [1.82, 2.24) is 14.7 Å². The van der Waals surface area contributed by atoms with E-state index in [0.717, 1.165) is 55.2 Å². The van der Waals surface area contributed by atoms with Gasteiger partial charge in [-0.3, -0.25) is 24.2 Å². The Morgan fingerprint density at radius 1 is 1.03 bits per heavy atom. The molecule has 4 aliphatic rings. The lowest BCUT2D eigenvalue weighted by Crippen LogP contribution is -2.54. The second-order valence-corrected chi connectivity index (χ2v) is 11.3. The number of nitrogens with two attached hydrogens (primary N) is 1. The lowest BCUT2D eigenvalue weighted by atomic mass is 9.77. The van der Waals surface area contributed by atoms with Crippen LogP contribution < -0.4 is 5.73 Å². The normalized spacial score (nSPS) is 27.3. The van der Waals surface area contributed by atoms with Gasteiger partial charge >= 0.3 is 0 Å². The molecule has 0 bridgehead atoms. The number of fused-ring (bicyclic) bond motifs is 1. The molecule has 1 aliphatic carbocycles. The minimum atomic E-state index is -0.519. The summed E-state index contributed by atoms with van der Waals surface area (Å²) in [6, 6.07) is 8.40. The molecule has 4 heterocycles. The van der Waals surface area contributed by atoms with Gasteiger partial charge in [-0.1, -0.05) is 18.2 Å². The number of imide groups is 1. The van der Waals surface area contributed by atoms with Gasteiger partial charge in [0.15, 0.2) is 0 Å². The fourth-order valence-corrected chi connectivity index (χ4v) is 7.16. The first-order valence-electron chi connectivity index (χ1n) is 12.1. The van der Waals surface area contributed by atoms with Crippen LogP contribution >= 0.6 is 11.3 Å². The number of likely N-dealkylation sites (tertiary alicyclic amines) is 3. The predicted octanol–water partition coefficient (Wildman–Crippen LogP) is 3.09. The number of anilines is 1. The summed E-state index contributed by atoms with van der Waals surface area (Å²) in [6.45, 7) is 3.03. The Labute approximate surface area is 197 Å². The number of thiophene rings is 1. The molecule has 2 aromatic rings. The molecular weight excluding hydrogens is 436 g/mol. The predicted molar refractivity (Wildman–Crippen MR) is 128 cm³/mol. The monoisotopic (exact) mass is 466 g/mol. The SMILES string of the molecule is Nc1sc2ccccc2c1C(=O)N1CCC(N2CCCC3(CC(=O)N(C4CC4)C3=O)C2)CC1. The van der Waals surface area contributed by atoms with Crippen molar-refractivity contribution in [3.8, 4) is 0 Å². The van der Waals surface area contributed by atoms with E-state index in [1.165, 1.54) is 11.3 Å². The molecule has 33 heavy (non-hydrogen) atoms. The van der Waals surface area contributed by atoms with Crippen LogP contribution in [-0.4, -0.2) is 70.7 Å². The maximum Gasteiger partial charge on any atom is 0.257 e. The van der Waals surface area contributed by atoms with Crippen molar-refractivity contribution in [2.45, 2.75) is 57.0 Å². The Balaban J connectivity index is 1.13. The number of carbonyl (C=O) groups excluding carboxylic acids is 3. The summed E-state index contributed by atoms with van der Waals surface area (Å²) >= 11 is 1.47. The highest BCUT2D eigenvalue weighted by Gasteiger charge is 2.56. The number of nitrogens with zero attached hydrogens (tertiary/aromatic N) is 3. The van der Waals surface area contributed by atoms with Crippen molar-refractivity contribution in [3.63, 3.8) is 0 Å². The first kappa shape index (κ1) is 21.1. The van der Waals surface area contributed by atoms with Crippen molar-refractivity contribution in [3.05, 3.63) is 29.8 Å². The Bertz CT molecular complexity index is 1130. The van der Waals surface area contributed by atoms with E-state index in [2.05, 4.69) is 4.90 Å². The fourth-order valence-electron chi connectivity index (χ4n) is 6.20. The maximum absolute atomic E-state index is 13.3. The minimum absolute atomic E-state index is 0.0233. The summed E-state index contributed by atoms with van der Waals surface area (Å²) in [6.07, 6.45) is 5.85. The molecule has 3 saturated heterocycles. The van der Waals surface area contributed by atoms with Gasteiger partial charge in [0.25, 0.3) is 5.91 Å². The number of piperidine rings is 2. The Hall–Kier alpha value is -2.45. The molecule has 1 saturated carbocycles. The average Bonchev–Trinajstić information content (AvgIpc) is 3.55. The molecular formula is C25H30N4O3S. The van der Waals surface area contributed by atoms with Gasteiger partial charge in [0.1, 0.15) is 0 Å². The highest BCUT2D eigenvalue weighted by Crippen LogP contribution is 2.45. The van der Waals surface area contributed by atoms with E-state index in [1.54, 1.807) is 4.90 Å². The topological polar surface area (TPSA) is 87.0 Å². The molecule has 8 heteroatoms. The fraction of sp³-hybridized carbons (Fsp3) is 0.560. The first-order valence-corrected chi connectivity index (χ1v) is 13.0. The second-order valence-electron chi connectivity index (χ2n) is 10.2. The van der Waals surface area contributed by atoms with Crippen LogP contribution in [0.1, 0.15) is 55.3 Å². The summed E-state index contributed by atoms with van der Waals surface area (Å²) in [5.74, 6) is 0.132. The molecule has 1 spiro atoms. The van der Waals surface area contributed by atoms with Gasteiger partial charge in [0.05, 0.1) is 16.0 Å². The third-order valence-electron chi connectivity index (χ3n) is 8.05. The molecule has 174 valence electrons. The van der Waals surface area contributed by atoms with Gasteiger partial charge in [0.2, 0.25) is 11.8 Å². The molecule has 6 rings (SSSR count). The highest BCUT2D eigenvalue weighted by molar-refractivity contribution is 7.23. The molecule has 4 fully saturated rings. The zero-order valence-corrected chi connectivity index (χ0v) is 19.6. The van der Waals surface area contributed by atoms with E-state index in [9.17, 15) is 14.4 Å². The maximum atomic E-state index is 13.3. The van der Waals surface area contributed by atoms with Crippen LogP contribution in [0.2, 0.25) is 0 Å². The molecule has 3 aliphatic heterocycles. The number of rotatable bonds is 3. The Morgan fingerprint density at radius 3 is 2.55 bits per heavy atom. The molecule has 1 unspecified atom stereocenters. The van der Waals surface area contributed by atoms with Crippen LogP contribution in [0.15, 0.2) is 24.3 Å². The van der Waals surface area contributed by atoms with E-state index < -0.39 is 5.41 Å². The van der Waals surface area contributed by atoms with E-state index in [4.69, 9.17) is 5.73 Å².